The molecule has 2 heterocycles. The Morgan fingerprint density at radius 2 is 1.84 bits per heavy atom. The molecular weight excluding hydrogens is 436 g/mol. The van der Waals surface area contributed by atoms with Gasteiger partial charge in [-0.05, 0) is 30.7 Å². The van der Waals surface area contributed by atoms with Crippen molar-refractivity contribution in [1.82, 2.24) is 9.55 Å². The fourth-order valence-corrected chi connectivity index (χ4v) is 6.41. The van der Waals surface area contributed by atoms with Gasteiger partial charge in [-0.3, -0.25) is 9.59 Å². The van der Waals surface area contributed by atoms with Gasteiger partial charge in [0, 0.05) is 16.0 Å². The molecule has 4 nitrogen and oxygen atoms in total. The molecule has 0 aliphatic heterocycles. The molecule has 162 valence electrons. The van der Waals surface area contributed by atoms with Crippen LogP contribution in [0.15, 0.2) is 70.6 Å². The van der Waals surface area contributed by atoms with Crippen LogP contribution in [0.25, 0.3) is 10.3 Å². The van der Waals surface area contributed by atoms with E-state index in [0.717, 1.165) is 40.4 Å². The number of Topliss-reactive ketones (excluding diaryl/α,β-unsaturated/α-hetero) is 1. The second-order valence-electron chi connectivity index (χ2n) is 8.38. The number of fused-ring (bicyclic) bond motifs is 2. The first-order chi connectivity index (χ1) is 15.6. The molecular formula is C26H24N2O2S2. The van der Waals surface area contributed by atoms with Crippen molar-refractivity contribution in [1.29, 1.82) is 0 Å². The lowest BCUT2D eigenvalue weighted by atomic mass is 9.89. The predicted molar refractivity (Wildman–Crippen MR) is 132 cm³/mol. The molecule has 0 radical (unpaired) electrons. The Morgan fingerprint density at radius 3 is 2.59 bits per heavy atom. The third-order valence-electron chi connectivity index (χ3n) is 5.96. The van der Waals surface area contributed by atoms with Crippen molar-refractivity contribution in [2.45, 2.75) is 37.9 Å². The number of nitrogens with zero attached hydrogens (tertiary/aromatic N) is 2. The van der Waals surface area contributed by atoms with Gasteiger partial charge in [-0.1, -0.05) is 79.3 Å². The summed E-state index contributed by atoms with van der Waals surface area (Å²) in [4.78, 5) is 32.9. The molecule has 4 aromatic rings. The van der Waals surface area contributed by atoms with Gasteiger partial charge >= 0.3 is 0 Å². The summed E-state index contributed by atoms with van der Waals surface area (Å²) in [6, 6.07) is 19.5. The fourth-order valence-electron chi connectivity index (χ4n) is 4.21. The van der Waals surface area contributed by atoms with Crippen LogP contribution in [-0.2, 0) is 19.4 Å². The third kappa shape index (κ3) is 4.17. The number of aryl methyl sites for hydroxylation is 1. The van der Waals surface area contributed by atoms with E-state index in [9.17, 15) is 9.59 Å². The highest BCUT2D eigenvalue weighted by atomic mass is 32.2. The number of hydrogen-bond acceptors (Lipinski definition) is 5. The number of imidazole rings is 1. The summed E-state index contributed by atoms with van der Waals surface area (Å²) in [5.74, 6) is 0.884. The van der Waals surface area contributed by atoms with E-state index >= 15 is 0 Å². The minimum Gasteiger partial charge on any atom is -0.306 e. The van der Waals surface area contributed by atoms with Crippen molar-refractivity contribution < 1.29 is 4.79 Å². The number of carbonyl (C=O) groups excluding carboxylic acids is 1. The number of thioether (sulfide) groups is 1. The average Bonchev–Trinajstić information content (AvgIpc) is 3.17. The van der Waals surface area contributed by atoms with E-state index in [2.05, 4.69) is 23.6 Å². The summed E-state index contributed by atoms with van der Waals surface area (Å²) in [6.07, 6.45) is 2.91. The van der Waals surface area contributed by atoms with Crippen molar-refractivity contribution in [2.24, 2.45) is 5.92 Å². The lowest BCUT2D eigenvalue weighted by Gasteiger charge is -2.20. The summed E-state index contributed by atoms with van der Waals surface area (Å²) < 4.78 is 2.12. The molecule has 1 aliphatic rings. The third-order valence-corrected chi connectivity index (χ3v) is 8.24. The topological polar surface area (TPSA) is 52.0 Å². The van der Waals surface area contributed by atoms with Crippen molar-refractivity contribution >= 4 is 39.2 Å². The van der Waals surface area contributed by atoms with E-state index in [4.69, 9.17) is 4.98 Å². The Labute approximate surface area is 195 Å². The number of aromatic nitrogens is 2. The van der Waals surface area contributed by atoms with Gasteiger partial charge in [0.25, 0.3) is 0 Å². The molecule has 0 spiro atoms. The molecule has 1 atom stereocenters. The molecule has 2 aromatic heterocycles. The zero-order valence-electron chi connectivity index (χ0n) is 17.9. The maximum Gasteiger partial charge on any atom is 0.211 e. The quantitative estimate of drug-likeness (QED) is 0.277. The Bertz CT molecular complexity index is 1330. The van der Waals surface area contributed by atoms with Crippen molar-refractivity contribution in [3.8, 4) is 0 Å². The van der Waals surface area contributed by atoms with Gasteiger partial charge < -0.3 is 4.57 Å². The number of benzene rings is 2. The molecule has 6 heteroatoms. The number of ketones is 1. The average molecular weight is 461 g/mol. The molecule has 2 aromatic carbocycles. The lowest BCUT2D eigenvalue weighted by molar-refractivity contribution is 0.102. The monoisotopic (exact) mass is 460 g/mol. The standard InChI is InChI=1S/C26H24N2O2S2/c1-17-12-13-22-20(14-17)24(30)23-25(32-22)28(15-18-8-4-2-5-9-18)26(27-23)31-16-21(29)19-10-6-3-7-11-19/h2-11,17H,12-16H2,1H3. The van der Waals surface area contributed by atoms with Gasteiger partial charge in [-0.2, -0.15) is 0 Å². The zero-order chi connectivity index (χ0) is 22.1. The maximum atomic E-state index is 13.4. The molecule has 1 aliphatic carbocycles. The minimum absolute atomic E-state index is 0.0630. The van der Waals surface area contributed by atoms with Crippen LogP contribution in [0.5, 0.6) is 0 Å². The van der Waals surface area contributed by atoms with Crippen LogP contribution in [0.1, 0.15) is 39.7 Å². The van der Waals surface area contributed by atoms with E-state index < -0.39 is 0 Å². The van der Waals surface area contributed by atoms with E-state index in [0.29, 0.717) is 23.5 Å². The van der Waals surface area contributed by atoms with Crippen LogP contribution in [0.3, 0.4) is 0 Å². The lowest BCUT2D eigenvalue weighted by Crippen LogP contribution is -2.20. The second-order valence-corrected chi connectivity index (χ2v) is 10.4. The Balaban J connectivity index is 1.56. The van der Waals surface area contributed by atoms with Gasteiger partial charge in [0.05, 0.1) is 12.3 Å². The minimum atomic E-state index is 0.0630. The first kappa shape index (κ1) is 21.2. The van der Waals surface area contributed by atoms with Crippen LogP contribution < -0.4 is 5.43 Å². The van der Waals surface area contributed by atoms with E-state index in [1.807, 2.05) is 48.5 Å². The molecule has 5 rings (SSSR count). The number of hydrogen-bond donors (Lipinski definition) is 0. The Morgan fingerprint density at radius 1 is 1.12 bits per heavy atom. The number of rotatable bonds is 6. The predicted octanol–water partition coefficient (Wildman–Crippen LogP) is 5.61. The Kier molecular flexibility index (Phi) is 5.98. The van der Waals surface area contributed by atoms with E-state index in [1.54, 1.807) is 11.3 Å². The molecule has 0 fully saturated rings. The zero-order valence-corrected chi connectivity index (χ0v) is 19.5. The van der Waals surface area contributed by atoms with Crippen molar-refractivity contribution in [3.05, 3.63) is 92.5 Å². The molecule has 0 amide bonds. The van der Waals surface area contributed by atoms with Crippen LogP contribution in [0, 0.1) is 5.92 Å². The molecule has 0 N–H and O–H groups in total. The molecule has 1 unspecified atom stereocenters. The largest absolute Gasteiger partial charge is 0.306 e. The maximum absolute atomic E-state index is 13.4. The van der Waals surface area contributed by atoms with Gasteiger partial charge in [-0.15, -0.1) is 11.3 Å². The highest BCUT2D eigenvalue weighted by Gasteiger charge is 2.24. The van der Waals surface area contributed by atoms with Crippen molar-refractivity contribution in [3.63, 3.8) is 0 Å². The molecule has 0 saturated carbocycles. The highest BCUT2D eigenvalue weighted by Crippen LogP contribution is 2.33. The normalized spacial score (nSPS) is 15.6. The second kappa shape index (κ2) is 9.04. The molecule has 32 heavy (non-hydrogen) atoms. The number of carbonyl (C=O) groups is 1. The first-order valence-corrected chi connectivity index (χ1v) is 12.7. The first-order valence-electron chi connectivity index (χ1n) is 10.9. The van der Waals surface area contributed by atoms with Gasteiger partial charge in [-0.25, -0.2) is 4.98 Å². The smallest absolute Gasteiger partial charge is 0.211 e. The highest BCUT2D eigenvalue weighted by molar-refractivity contribution is 7.99. The summed E-state index contributed by atoms with van der Waals surface area (Å²) in [6.45, 7) is 2.84. The van der Waals surface area contributed by atoms with E-state index in [1.165, 1.54) is 16.6 Å². The Hall–Kier alpha value is -2.70. The van der Waals surface area contributed by atoms with Gasteiger partial charge in [0.15, 0.2) is 10.9 Å². The fraction of sp³-hybridized carbons (Fsp3) is 0.269. The van der Waals surface area contributed by atoms with Gasteiger partial charge in [0.1, 0.15) is 10.3 Å². The molecule has 0 bridgehead atoms. The SMILES string of the molecule is CC1CCc2sc3c(nc(SCC(=O)c4ccccc4)n3Cc3ccccc3)c(=O)c2C1. The van der Waals surface area contributed by atoms with Crippen molar-refractivity contribution in [2.75, 3.05) is 5.75 Å². The van der Waals surface area contributed by atoms with Crippen LogP contribution in [0.2, 0.25) is 0 Å². The summed E-state index contributed by atoms with van der Waals surface area (Å²) in [7, 11) is 0. The summed E-state index contributed by atoms with van der Waals surface area (Å²) in [5, 5.41) is 0.733. The summed E-state index contributed by atoms with van der Waals surface area (Å²) in [5.41, 5.74) is 3.41. The van der Waals surface area contributed by atoms with Gasteiger partial charge in [0.2, 0.25) is 5.43 Å². The molecule has 0 saturated heterocycles. The summed E-state index contributed by atoms with van der Waals surface area (Å²) >= 11 is 3.12. The van der Waals surface area contributed by atoms with Crippen LogP contribution in [0.4, 0.5) is 0 Å². The van der Waals surface area contributed by atoms with E-state index in [-0.39, 0.29) is 17.0 Å². The van der Waals surface area contributed by atoms with Crippen LogP contribution in [-0.4, -0.2) is 21.1 Å². The van der Waals surface area contributed by atoms with Crippen LogP contribution >= 0.6 is 23.1 Å².